The van der Waals surface area contributed by atoms with Crippen LogP contribution < -0.4 is 16.0 Å². The smallest absolute Gasteiger partial charge is 0.251 e. The van der Waals surface area contributed by atoms with Crippen molar-refractivity contribution in [3.05, 3.63) is 29.8 Å². The highest BCUT2D eigenvalue weighted by atomic mass is 16.5. The van der Waals surface area contributed by atoms with E-state index in [0.29, 0.717) is 6.54 Å². The van der Waals surface area contributed by atoms with Gasteiger partial charge in [0.1, 0.15) is 5.75 Å². The maximum atomic E-state index is 11.8. The highest BCUT2D eigenvalue weighted by Crippen LogP contribution is 2.16. The van der Waals surface area contributed by atoms with E-state index in [-0.39, 0.29) is 17.9 Å². The Morgan fingerprint density at radius 1 is 1.37 bits per heavy atom. The molecule has 19 heavy (non-hydrogen) atoms. The number of carbonyl (C=O) groups excluding carboxylic acids is 1. The third-order valence-corrected chi connectivity index (χ3v) is 3.11. The molecule has 106 valence electrons. The van der Waals surface area contributed by atoms with Gasteiger partial charge in [-0.3, -0.25) is 15.1 Å². The van der Waals surface area contributed by atoms with E-state index in [0.717, 1.165) is 11.3 Å². The number of hydrogen-bond donors (Lipinski definition) is 2. The summed E-state index contributed by atoms with van der Waals surface area (Å²) in [6.45, 7) is 4.69. The molecule has 0 radical (unpaired) electrons. The molecule has 1 amide bonds. The number of nitrogens with zero attached hydrogens (tertiary/aromatic N) is 1. The van der Waals surface area contributed by atoms with E-state index in [1.165, 1.54) is 0 Å². The monoisotopic (exact) mass is 265 g/mol. The summed E-state index contributed by atoms with van der Waals surface area (Å²) in [5.41, 5.74) is 3.35. The van der Waals surface area contributed by atoms with E-state index in [4.69, 9.17) is 10.6 Å². The molecule has 0 aliphatic heterocycles. The van der Waals surface area contributed by atoms with Gasteiger partial charge in [0.15, 0.2) is 0 Å². The van der Waals surface area contributed by atoms with Crippen LogP contribution in [-0.4, -0.2) is 31.0 Å². The van der Waals surface area contributed by atoms with Crippen molar-refractivity contribution in [2.75, 3.05) is 14.2 Å². The van der Waals surface area contributed by atoms with Crippen molar-refractivity contribution in [2.45, 2.75) is 26.4 Å². The summed E-state index contributed by atoms with van der Waals surface area (Å²) < 4.78 is 5.12. The first-order valence-corrected chi connectivity index (χ1v) is 6.33. The molecule has 0 bridgehead atoms. The van der Waals surface area contributed by atoms with Gasteiger partial charge in [0.05, 0.1) is 13.2 Å². The maximum Gasteiger partial charge on any atom is 0.251 e. The molecular formula is C14H23N3O2. The molecule has 1 atom stereocenters. The number of nitrogens with one attached hydrogen (secondary N) is 1. The number of carbonyl (C=O) groups is 1. The lowest BCUT2D eigenvalue weighted by Crippen LogP contribution is -2.50. The number of ether oxygens (including phenoxy) is 1. The molecular weight excluding hydrogens is 242 g/mol. The Bertz CT molecular complexity index is 404. The molecule has 1 aromatic rings. The van der Waals surface area contributed by atoms with Crippen LogP contribution in [0, 0.1) is 5.92 Å². The van der Waals surface area contributed by atoms with Gasteiger partial charge in [-0.05, 0) is 30.7 Å². The highest BCUT2D eigenvalue weighted by Gasteiger charge is 2.25. The van der Waals surface area contributed by atoms with Crippen LogP contribution in [0.3, 0.4) is 0 Å². The van der Waals surface area contributed by atoms with Crippen LogP contribution in [0.25, 0.3) is 0 Å². The van der Waals surface area contributed by atoms with Gasteiger partial charge in [0.2, 0.25) is 0 Å². The number of likely N-dealkylation sites (N-methyl/N-ethyl adjacent to an activating group) is 1. The second-order valence-corrected chi connectivity index (χ2v) is 4.96. The number of rotatable bonds is 6. The van der Waals surface area contributed by atoms with E-state index in [1.54, 1.807) is 7.11 Å². The lowest BCUT2D eigenvalue weighted by Gasteiger charge is -2.29. The van der Waals surface area contributed by atoms with E-state index in [9.17, 15) is 4.79 Å². The van der Waals surface area contributed by atoms with Gasteiger partial charge < -0.3 is 4.74 Å². The number of hydrogen-bond acceptors (Lipinski definition) is 4. The Hall–Kier alpha value is -1.59. The Labute approximate surface area is 114 Å². The lowest BCUT2D eigenvalue weighted by atomic mass is 10.0. The van der Waals surface area contributed by atoms with Gasteiger partial charge in [0, 0.05) is 6.54 Å². The van der Waals surface area contributed by atoms with E-state index < -0.39 is 0 Å². The van der Waals surface area contributed by atoms with Gasteiger partial charge >= 0.3 is 0 Å². The van der Waals surface area contributed by atoms with Crippen molar-refractivity contribution >= 4 is 5.91 Å². The molecule has 1 rings (SSSR count). The third kappa shape index (κ3) is 4.22. The quantitative estimate of drug-likeness (QED) is 0.460. The first-order chi connectivity index (χ1) is 8.99. The third-order valence-electron chi connectivity index (χ3n) is 3.11. The molecule has 5 nitrogen and oxygen atoms in total. The molecule has 0 aliphatic rings. The molecule has 3 N–H and O–H groups in total. The zero-order valence-electron chi connectivity index (χ0n) is 12.0. The molecule has 0 aliphatic carbocycles. The van der Waals surface area contributed by atoms with Crippen molar-refractivity contribution in [3.63, 3.8) is 0 Å². The molecule has 0 aromatic heterocycles. The Balaban J connectivity index is 2.75. The summed E-state index contributed by atoms with van der Waals surface area (Å²) in [7, 11) is 3.56. The predicted octanol–water partition coefficient (Wildman–Crippen LogP) is 1.14. The first kappa shape index (κ1) is 15.5. The second kappa shape index (κ2) is 7.11. The van der Waals surface area contributed by atoms with E-state index in [1.807, 2.05) is 50.1 Å². The second-order valence-electron chi connectivity index (χ2n) is 4.96. The number of nitrogens with two attached hydrogens (primary N) is 1. The standard InChI is InChI=1S/C14H23N3O2/c1-10(2)13(14(18)16-15)17(3)9-11-5-7-12(19-4)8-6-11/h5-8,10,13H,9,15H2,1-4H3,(H,16,18). The summed E-state index contributed by atoms with van der Waals surface area (Å²) >= 11 is 0. The van der Waals surface area contributed by atoms with Crippen LogP contribution >= 0.6 is 0 Å². The number of hydrazine groups is 1. The van der Waals surface area contributed by atoms with Gasteiger partial charge in [-0.1, -0.05) is 26.0 Å². The van der Waals surface area contributed by atoms with Crippen LogP contribution in [0.1, 0.15) is 19.4 Å². The molecule has 0 fully saturated rings. The van der Waals surface area contributed by atoms with Gasteiger partial charge in [0.25, 0.3) is 5.91 Å². The summed E-state index contributed by atoms with van der Waals surface area (Å²) in [5.74, 6) is 6.09. The molecule has 0 saturated heterocycles. The Morgan fingerprint density at radius 2 is 1.95 bits per heavy atom. The summed E-state index contributed by atoms with van der Waals surface area (Å²) in [6, 6.07) is 7.57. The minimum atomic E-state index is -0.243. The Morgan fingerprint density at radius 3 is 2.37 bits per heavy atom. The summed E-state index contributed by atoms with van der Waals surface area (Å²) in [6.07, 6.45) is 0. The molecule has 0 heterocycles. The van der Waals surface area contributed by atoms with Crippen molar-refractivity contribution in [2.24, 2.45) is 11.8 Å². The van der Waals surface area contributed by atoms with Crippen molar-refractivity contribution in [3.8, 4) is 5.75 Å². The molecule has 0 spiro atoms. The van der Waals surface area contributed by atoms with Crippen LogP contribution in [0.4, 0.5) is 0 Å². The average molecular weight is 265 g/mol. The molecule has 1 unspecified atom stereocenters. The SMILES string of the molecule is COc1ccc(CN(C)C(C(=O)NN)C(C)C)cc1. The number of methoxy groups -OCH3 is 1. The van der Waals surface area contributed by atoms with Crippen molar-refractivity contribution in [1.82, 2.24) is 10.3 Å². The average Bonchev–Trinajstić information content (AvgIpc) is 2.39. The van der Waals surface area contributed by atoms with Crippen LogP contribution in [0.2, 0.25) is 0 Å². The first-order valence-electron chi connectivity index (χ1n) is 6.33. The van der Waals surface area contributed by atoms with Gasteiger partial charge in [-0.2, -0.15) is 0 Å². The fourth-order valence-corrected chi connectivity index (χ4v) is 2.21. The molecule has 0 saturated carbocycles. The zero-order chi connectivity index (χ0) is 14.4. The fourth-order valence-electron chi connectivity index (χ4n) is 2.21. The molecule has 1 aromatic carbocycles. The predicted molar refractivity (Wildman–Crippen MR) is 75.4 cm³/mol. The van der Waals surface area contributed by atoms with Crippen LogP contribution in [-0.2, 0) is 11.3 Å². The normalized spacial score (nSPS) is 12.6. The number of benzene rings is 1. The van der Waals surface area contributed by atoms with Crippen LogP contribution in [0.15, 0.2) is 24.3 Å². The zero-order valence-corrected chi connectivity index (χ0v) is 12.0. The maximum absolute atomic E-state index is 11.8. The largest absolute Gasteiger partial charge is 0.497 e. The highest BCUT2D eigenvalue weighted by molar-refractivity contribution is 5.81. The van der Waals surface area contributed by atoms with Gasteiger partial charge in [-0.15, -0.1) is 0 Å². The molecule has 5 heteroatoms. The van der Waals surface area contributed by atoms with Crippen LogP contribution in [0.5, 0.6) is 5.75 Å². The lowest BCUT2D eigenvalue weighted by molar-refractivity contribution is -0.127. The minimum absolute atomic E-state index is 0.161. The number of amides is 1. The van der Waals surface area contributed by atoms with E-state index >= 15 is 0 Å². The Kier molecular flexibility index (Phi) is 5.79. The van der Waals surface area contributed by atoms with E-state index in [2.05, 4.69) is 5.43 Å². The summed E-state index contributed by atoms with van der Waals surface area (Å²) in [5, 5.41) is 0. The fraction of sp³-hybridized carbons (Fsp3) is 0.500. The minimum Gasteiger partial charge on any atom is -0.497 e. The summed E-state index contributed by atoms with van der Waals surface area (Å²) in [4.78, 5) is 13.8. The van der Waals surface area contributed by atoms with Crippen molar-refractivity contribution < 1.29 is 9.53 Å². The van der Waals surface area contributed by atoms with Gasteiger partial charge in [-0.25, -0.2) is 5.84 Å². The topological polar surface area (TPSA) is 67.6 Å². The van der Waals surface area contributed by atoms with Crippen molar-refractivity contribution in [1.29, 1.82) is 0 Å².